The Kier molecular flexibility index (Phi) is 5.82. The minimum absolute atomic E-state index is 0.000265. The van der Waals surface area contributed by atoms with Gasteiger partial charge in [0.05, 0.1) is 24.5 Å². The third-order valence-corrected chi connectivity index (χ3v) is 7.42. The Morgan fingerprint density at radius 1 is 1.14 bits per heavy atom. The third kappa shape index (κ3) is 4.46. The molecule has 3 aromatic rings. The largest absolute Gasteiger partial charge is 0.493 e. The Labute approximate surface area is 205 Å². The van der Waals surface area contributed by atoms with Crippen molar-refractivity contribution in [3.05, 3.63) is 70.9 Å². The average Bonchev–Trinajstić information content (AvgIpc) is 3.48. The van der Waals surface area contributed by atoms with Crippen LogP contribution in [0.3, 0.4) is 0 Å². The van der Waals surface area contributed by atoms with Crippen LogP contribution in [-0.2, 0) is 25.9 Å². The number of rotatable bonds is 4. The van der Waals surface area contributed by atoms with Crippen molar-refractivity contribution in [3.8, 4) is 17.0 Å². The number of amides is 2. The lowest BCUT2D eigenvalue weighted by molar-refractivity contribution is 0.160. The summed E-state index contributed by atoms with van der Waals surface area (Å²) in [6.45, 7) is 4.74. The molecule has 4 heterocycles. The first kappa shape index (κ1) is 22.0. The molecule has 0 unspecified atom stereocenters. The lowest BCUT2D eigenvalue weighted by Gasteiger charge is -2.35. The van der Waals surface area contributed by atoms with Crippen molar-refractivity contribution < 1.29 is 9.53 Å². The second-order valence-corrected chi connectivity index (χ2v) is 9.82. The maximum absolute atomic E-state index is 13.3. The smallest absolute Gasteiger partial charge is 0.317 e. The van der Waals surface area contributed by atoms with Gasteiger partial charge in [0.25, 0.3) is 0 Å². The molecular formula is C27H32N6O2. The van der Waals surface area contributed by atoms with Crippen molar-refractivity contribution in [3.63, 3.8) is 0 Å². The molecule has 1 fully saturated rings. The zero-order valence-corrected chi connectivity index (χ0v) is 19.9. The van der Waals surface area contributed by atoms with E-state index in [1.807, 2.05) is 23.1 Å². The number of hydrogen-bond donors (Lipinski definition) is 2. The number of nitrogens with one attached hydrogen (secondary N) is 1. The summed E-state index contributed by atoms with van der Waals surface area (Å²) in [5, 5.41) is 7.94. The SMILES string of the molecule is Nn1nc(-c2ccc3c(c2)CCO3)c2c1CCN(C(=O)N[C@@H]1CCCN(Cc3ccccc3)C1)C2. The molecule has 35 heavy (non-hydrogen) atoms. The first-order valence-corrected chi connectivity index (χ1v) is 12.6. The zero-order chi connectivity index (χ0) is 23.8. The minimum Gasteiger partial charge on any atom is -0.493 e. The molecule has 8 nitrogen and oxygen atoms in total. The Morgan fingerprint density at radius 3 is 2.91 bits per heavy atom. The lowest BCUT2D eigenvalue weighted by Crippen LogP contribution is -2.52. The van der Waals surface area contributed by atoms with Crippen molar-refractivity contribution >= 4 is 6.03 Å². The van der Waals surface area contributed by atoms with E-state index in [2.05, 4.69) is 45.6 Å². The van der Waals surface area contributed by atoms with Crippen LogP contribution < -0.4 is 15.9 Å². The molecule has 1 saturated heterocycles. The molecule has 2 aromatic carbocycles. The van der Waals surface area contributed by atoms with Crippen molar-refractivity contribution in [1.82, 2.24) is 25.0 Å². The summed E-state index contributed by atoms with van der Waals surface area (Å²) in [4.78, 5) is 19.1. The van der Waals surface area contributed by atoms with Crippen LogP contribution in [0.2, 0.25) is 0 Å². The topological polar surface area (TPSA) is 88.7 Å². The van der Waals surface area contributed by atoms with Gasteiger partial charge in [-0.15, -0.1) is 0 Å². The van der Waals surface area contributed by atoms with Gasteiger partial charge in [0.1, 0.15) is 5.75 Å². The fourth-order valence-electron chi connectivity index (χ4n) is 5.61. The molecule has 0 aliphatic carbocycles. The molecule has 0 bridgehead atoms. The molecule has 182 valence electrons. The highest BCUT2D eigenvalue weighted by molar-refractivity contribution is 5.76. The Balaban J connectivity index is 1.13. The average molecular weight is 473 g/mol. The first-order valence-electron chi connectivity index (χ1n) is 12.6. The number of hydrogen-bond acceptors (Lipinski definition) is 5. The maximum Gasteiger partial charge on any atom is 0.317 e. The van der Waals surface area contributed by atoms with Gasteiger partial charge in [0, 0.05) is 49.6 Å². The second kappa shape index (κ2) is 9.26. The molecule has 0 radical (unpaired) electrons. The van der Waals surface area contributed by atoms with Gasteiger partial charge < -0.3 is 20.8 Å². The van der Waals surface area contributed by atoms with E-state index in [9.17, 15) is 4.79 Å². The summed E-state index contributed by atoms with van der Waals surface area (Å²) in [6.07, 6.45) is 3.71. The third-order valence-electron chi connectivity index (χ3n) is 7.42. The van der Waals surface area contributed by atoms with Crippen molar-refractivity contribution in [2.75, 3.05) is 32.1 Å². The van der Waals surface area contributed by atoms with Crippen LogP contribution in [0.1, 0.15) is 35.2 Å². The van der Waals surface area contributed by atoms with Gasteiger partial charge in [0.15, 0.2) is 0 Å². The maximum atomic E-state index is 13.3. The van der Waals surface area contributed by atoms with Crippen LogP contribution in [0, 0.1) is 0 Å². The highest BCUT2D eigenvalue weighted by Crippen LogP contribution is 2.34. The number of carbonyl (C=O) groups excluding carboxylic acids is 1. The van der Waals surface area contributed by atoms with Crippen molar-refractivity contribution in [2.45, 2.75) is 44.8 Å². The summed E-state index contributed by atoms with van der Waals surface area (Å²) in [5.41, 5.74) is 6.45. The van der Waals surface area contributed by atoms with Crippen LogP contribution in [0.25, 0.3) is 11.3 Å². The van der Waals surface area contributed by atoms with E-state index < -0.39 is 0 Å². The van der Waals surface area contributed by atoms with Gasteiger partial charge in [-0.05, 0) is 48.7 Å². The fourth-order valence-corrected chi connectivity index (χ4v) is 5.61. The van der Waals surface area contributed by atoms with E-state index in [4.69, 9.17) is 10.6 Å². The van der Waals surface area contributed by atoms with Gasteiger partial charge in [-0.1, -0.05) is 30.3 Å². The number of carbonyl (C=O) groups is 1. The lowest BCUT2D eigenvalue weighted by atomic mass is 9.99. The molecule has 3 N–H and O–H groups in total. The Bertz CT molecular complexity index is 1220. The summed E-state index contributed by atoms with van der Waals surface area (Å²) in [7, 11) is 0. The monoisotopic (exact) mass is 472 g/mol. The number of nitrogens with two attached hydrogens (primary N) is 1. The van der Waals surface area contributed by atoms with Gasteiger partial charge in [0.2, 0.25) is 0 Å². The molecule has 0 saturated carbocycles. The van der Waals surface area contributed by atoms with Crippen LogP contribution in [0.4, 0.5) is 4.79 Å². The highest BCUT2D eigenvalue weighted by Gasteiger charge is 2.30. The van der Waals surface area contributed by atoms with Crippen LogP contribution in [0.5, 0.6) is 5.75 Å². The number of fused-ring (bicyclic) bond motifs is 2. The van der Waals surface area contributed by atoms with Crippen molar-refractivity contribution in [1.29, 1.82) is 0 Å². The molecular weight excluding hydrogens is 440 g/mol. The molecule has 2 amide bonds. The molecule has 8 heteroatoms. The normalized spacial score (nSPS) is 19.7. The number of ether oxygens (including phenoxy) is 1. The first-order chi connectivity index (χ1) is 17.1. The molecule has 3 aliphatic rings. The Hall–Kier alpha value is -3.52. The van der Waals surface area contributed by atoms with E-state index in [1.165, 1.54) is 15.9 Å². The molecule has 6 rings (SSSR count). The van der Waals surface area contributed by atoms with Gasteiger partial charge in [-0.2, -0.15) is 9.89 Å². The number of nitrogen functional groups attached to an aromatic ring is 1. The summed E-state index contributed by atoms with van der Waals surface area (Å²) < 4.78 is 5.65. The molecule has 3 aliphatic heterocycles. The number of urea groups is 1. The minimum atomic E-state index is 0.000265. The standard InChI is InChI=1S/C27H32N6O2/c28-33-24-10-13-32(18-23(24)26(30-33)21-8-9-25-20(15-21)11-14-35-25)27(34)29-22-7-4-12-31(17-22)16-19-5-2-1-3-6-19/h1-3,5-6,8-9,15,22H,4,7,10-14,16-18,28H2,(H,29,34)/t22-/m1/s1. The highest BCUT2D eigenvalue weighted by atomic mass is 16.5. The van der Waals surface area contributed by atoms with Gasteiger partial charge in [-0.3, -0.25) is 4.90 Å². The van der Waals surface area contributed by atoms with E-state index >= 15 is 0 Å². The Morgan fingerprint density at radius 2 is 2.03 bits per heavy atom. The number of piperidine rings is 1. The van der Waals surface area contributed by atoms with Gasteiger partial charge in [-0.25, -0.2) is 4.79 Å². The molecule has 0 spiro atoms. The van der Waals surface area contributed by atoms with E-state index in [1.54, 1.807) is 0 Å². The van der Waals surface area contributed by atoms with Crippen molar-refractivity contribution in [2.24, 2.45) is 0 Å². The number of likely N-dealkylation sites (tertiary alicyclic amines) is 1. The van der Waals surface area contributed by atoms with E-state index in [-0.39, 0.29) is 12.1 Å². The zero-order valence-electron chi connectivity index (χ0n) is 19.9. The predicted octanol–water partition coefficient (Wildman–Crippen LogP) is 2.93. The number of nitrogens with zero attached hydrogens (tertiary/aromatic N) is 4. The van der Waals surface area contributed by atoms with Crippen LogP contribution >= 0.6 is 0 Å². The number of aromatic nitrogens is 2. The van der Waals surface area contributed by atoms with E-state index in [0.29, 0.717) is 19.5 Å². The van der Waals surface area contributed by atoms with Crippen LogP contribution in [0.15, 0.2) is 48.5 Å². The summed E-state index contributed by atoms with van der Waals surface area (Å²) in [5.74, 6) is 7.17. The fraction of sp³-hybridized carbons (Fsp3) is 0.407. The van der Waals surface area contributed by atoms with Gasteiger partial charge >= 0.3 is 6.03 Å². The quantitative estimate of drug-likeness (QED) is 0.570. The number of benzene rings is 2. The van der Waals surface area contributed by atoms with E-state index in [0.717, 1.165) is 73.8 Å². The summed E-state index contributed by atoms with van der Waals surface area (Å²) in [6, 6.07) is 16.9. The van der Waals surface area contributed by atoms with Crippen LogP contribution in [-0.4, -0.2) is 58.0 Å². The summed E-state index contributed by atoms with van der Waals surface area (Å²) >= 11 is 0. The molecule has 1 atom stereocenters. The predicted molar refractivity (Wildman–Crippen MR) is 134 cm³/mol. The second-order valence-electron chi connectivity index (χ2n) is 9.82. The molecule has 1 aromatic heterocycles.